The van der Waals surface area contributed by atoms with E-state index >= 15 is 0 Å². The largest absolute Gasteiger partial charge is 0.397 e. The molecule has 130 valence electrons. The molecule has 1 saturated heterocycles. The average Bonchev–Trinajstić information content (AvgIpc) is 2.99. The van der Waals surface area contributed by atoms with Crippen molar-refractivity contribution in [2.45, 2.75) is 37.9 Å². The van der Waals surface area contributed by atoms with Crippen molar-refractivity contribution in [3.63, 3.8) is 0 Å². The van der Waals surface area contributed by atoms with Gasteiger partial charge in [0.25, 0.3) is 5.92 Å². The molecule has 3 rings (SSSR count). The Morgan fingerprint density at radius 2 is 2.00 bits per heavy atom. The Morgan fingerprint density at radius 1 is 1.29 bits per heavy atom. The van der Waals surface area contributed by atoms with Crippen molar-refractivity contribution in [1.29, 1.82) is 5.26 Å². The highest BCUT2D eigenvalue weighted by Crippen LogP contribution is 2.53. The van der Waals surface area contributed by atoms with E-state index in [1.165, 1.54) is 6.92 Å². The first-order chi connectivity index (χ1) is 11.3. The molecule has 0 aromatic heterocycles. The summed E-state index contributed by atoms with van der Waals surface area (Å²) in [5.41, 5.74) is 5.86. The fourth-order valence-corrected chi connectivity index (χ4v) is 3.47. The zero-order valence-electron chi connectivity index (χ0n) is 13.6. The first kappa shape index (κ1) is 16.9. The van der Waals surface area contributed by atoms with E-state index in [4.69, 9.17) is 20.5 Å². The van der Waals surface area contributed by atoms with Crippen LogP contribution in [0.5, 0.6) is 0 Å². The van der Waals surface area contributed by atoms with Crippen molar-refractivity contribution >= 4 is 11.4 Å². The van der Waals surface area contributed by atoms with Gasteiger partial charge in [0.2, 0.25) is 0 Å². The van der Waals surface area contributed by atoms with Gasteiger partial charge in [0, 0.05) is 25.8 Å². The number of anilines is 2. The number of ether oxygens (including phenoxy) is 2. The van der Waals surface area contributed by atoms with Gasteiger partial charge in [-0.3, -0.25) is 0 Å². The first-order valence-corrected chi connectivity index (χ1v) is 7.99. The monoisotopic (exact) mass is 337 g/mol. The quantitative estimate of drug-likeness (QED) is 0.828. The van der Waals surface area contributed by atoms with Crippen LogP contribution in [-0.4, -0.2) is 31.5 Å². The molecule has 1 aromatic rings. The zero-order valence-corrected chi connectivity index (χ0v) is 13.6. The zero-order chi connectivity index (χ0) is 17.4. The fraction of sp³-hybridized carbons (Fsp3) is 0.588. The summed E-state index contributed by atoms with van der Waals surface area (Å²) in [7, 11) is 0. The highest BCUT2D eigenvalue weighted by atomic mass is 19.3. The normalized spacial score (nSPS) is 27.8. The Labute approximate surface area is 139 Å². The van der Waals surface area contributed by atoms with E-state index in [1.54, 1.807) is 18.2 Å². The third kappa shape index (κ3) is 2.92. The number of halogens is 2. The highest BCUT2D eigenvalue weighted by Gasteiger charge is 2.60. The van der Waals surface area contributed by atoms with Crippen LogP contribution >= 0.6 is 0 Å². The Hall–Kier alpha value is -1.91. The highest BCUT2D eigenvalue weighted by molar-refractivity contribution is 5.68. The molecular weight excluding hydrogens is 316 g/mol. The Morgan fingerprint density at radius 3 is 2.67 bits per heavy atom. The van der Waals surface area contributed by atoms with Crippen molar-refractivity contribution in [1.82, 2.24) is 0 Å². The summed E-state index contributed by atoms with van der Waals surface area (Å²) in [4.78, 5) is 0. The molecule has 7 heteroatoms. The van der Waals surface area contributed by atoms with Crippen LogP contribution in [0.25, 0.3) is 0 Å². The van der Waals surface area contributed by atoms with E-state index in [9.17, 15) is 8.78 Å². The second-order valence-corrected chi connectivity index (χ2v) is 6.82. The summed E-state index contributed by atoms with van der Waals surface area (Å²) in [5.74, 6) is -3.75. The van der Waals surface area contributed by atoms with Gasteiger partial charge in [0.15, 0.2) is 5.79 Å². The number of hydrogen-bond acceptors (Lipinski definition) is 5. The smallest absolute Gasteiger partial charge is 0.255 e. The van der Waals surface area contributed by atoms with Crippen molar-refractivity contribution in [3.8, 4) is 6.07 Å². The molecule has 1 unspecified atom stereocenters. The van der Waals surface area contributed by atoms with Crippen LogP contribution in [0.3, 0.4) is 0 Å². The molecule has 1 saturated carbocycles. The number of nitriles is 1. The van der Waals surface area contributed by atoms with Gasteiger partial charge in [-0.05, 0) is 18.2 Å². The van der Waals surface area contributed by atoms with Crippen LogP contribution in [0.1, 0.15) is 31.7 Å². The summed E-state index contributed by atoms with van der Waals surface area (Å²) in [6, 6.07) is 6.76. The van der Waals surface area contributed by atoms with Crippen molar-refractivity contribution in [3.05, 3.63) is 23.8 Å². The van der Waals surface area contributed by atoms with Crippen LogP contribution in [0.2, 0.25) is 0 Å². The standard InChI is InChI=1S/C17H21F2N3O2/c1-15(11-22-14-8-12(9-20)2-3-13(14)21)10-16(23-6-7-24-16)4-5-17(15,18)19/h2-3,8,22H,4-7,10-11,21H2,1H3. The Kier molecular flexibility index (Phi) is 4.14. The lowest BCUT2D eigenvalue weighted by Crippen LogP contribution is -2.55. The minimum absolute atomic E-state index is 0.00749. The molecule has 1 atom stereocenters. The van der Waals surface area contributed by atoms with Gasteiger partial charge < -0.3 is 20.5 Å². The Bertz CT molecular complexity index is 668. The van der Waals surface area contributed by atoms with Gasteiger partial charge >= 0.3 is 0 Å². The molecule has 0 bridgehead atoms. The maximum absolute atomic E-state index is 14.6. The van der Waals surface area contributed by atoms with Gasteiger partial charge in [-0.1, -0.05) is 6.92 Å². The number of benzene rings is 1. The minimum atomic E-state index is -2.85. The summed E-state index contributed by atoms with van der Waals surface area (Å²) in [5, 5.41) is 12.0. The fourth-order valence-electron chi connectivity index (χ4n) is 3.47. The van der Waals surface area contributed by atoms with Crippen molar-refractivity contribution < 1.29 is 18.3 Å². The van der Waals surface area contributed by atoms with E-state index in [2.05, 4.69) is 5.32 Å². The SMILES string of the molecule is CC1(CNc2cc(C#N)ccc2N)CC2(CCC1(F)F)OCCO2. The van der Waals surface area contributed by atoms with Crippen LogP contribution in [0.15, 0.2) is 18.2 Å². The van der Waals surface area contributed by atoms with Crippen molar-refractivity contribution in [2.75, 3.05) is 30.8 Å². The summed E-state index contributed by atoms with van der Waals surface area (Å²) in [6.07, 6.45) is 0.0262. The molecule has 3 N–H and O–H groups in total. The lowest BCUT2D eigenvalue weighted by Gasteiger charge is -2.48. The van der Waals surface area contributed by atoms with Gasteiger partial charge in [0.1, 0.15) is 0 Å². The number of nitrogens with two attached hydrogens (primary N) is 1. The molecule has 1 aliphatic carbocycles. The lowest BCUT2D eigenvalue weighted by atomic mass is 9.69. The van der Waals surface area contributed by atoms with E-state index in [0.29, 0.717) is 30.2 Å². The number of hydrogen-bond donors (Lipinski definition) is 2. The maximum atomic E-state index is 14.6. The third-order valence-corrected chi connectivity index (χ3v) is 5.03. The second-order valence-electron chi connectivity index (χ2n) is 6.82. The van der Waals surface area contributed by atoms with E-state index in [-0.39, 0.29) is 25.8 Å². The summed E-state index contributed by atoms with van der Waals surface area (Å²) in [6.45, 7) is 2.42. The molecule has 1 spiro atoms. The lowest BCUT2D eigenvalue weighted by molar-refractivity contribution is -0.257. The number of alkyl halides is 2. The van der Waals surface area contributed by atoms with E-state index in [1.807, 2.05) is 6.07 Å². The topological polar surface area (TPSA) is 80.3 Å². The second kappa shape index (κ2) is 5.87. The molecule has 2 fully saturated rings. The van der Waals surface area contributed by atoms with Crippen LogP contribution in [-0.2, 0) is 9.47 Å². The number of nitrogens with zero attached hydrogens (tertiary/aromatic N) is 1. The van der Waals surface area contributed by atoms with Gasteiger partial charge in [-0.25, -0.2) is 8.78 Å². The van der Waals surface area contributed by atoms with E-state index < -0.39 is 17.1 Å². The predicted octanol–water partition coefficient (Wildman–Crippen LogP) is 3.12. The van der Waals surface area contributed by atoms with Crippen molar-refractivity contribution in [2.24, 2.45) is 5.41 Å². The number of nitrogen functional groups attached to an aromatic ring is 1. The number of rotatable bonds is 3. The maximum Gasteiger partial charge on any atom is 0.255 e. The van der Waals surface area contributed by atoms with Gasteiger partial charge in [-0.2, -0.15) is 5.26 Å². The predicted molar refractivity (Wildman–Crippen MR) is 85.6 cm³/mol. The van der Waals surface area contributed by atoms with Crippen LogP contribution in [0.4, 0.5) is 20.2 Å². The molecule has 1 aromatic carbocycles. The third-order valence-electron chi connectivity index (χ3n) is 5.03. The molecular formula is C17H21F2N3O2. The van der Waals surface area contributed by atoms with E-state index in [0.717, 1.165) is 0 Å². The first-order valence-electron chi connectivity index (χ1n) is 7.99. The van der Waals surface area contributed by atoms with Gasteiger partial charge in [-0.15, -0.1) is 0 Å². The Balaban J connectivity index is 1.79. The van der Waals surface area contributed by atoms with Crippen LogP contribution < -0.4 is 11.1 Å². The summed E-state index contributed by atoms with van der Waals surface area (Å²) < 4.78 is 40.5. The molecule has 5 nitrogen and oxygen atoms in total. The molecule has 2 aliphatic rings. The average molecular weight is 337 g/mol. The molecule has 24 heavy (non-hydrogen) atoms. The van der Waals surface area contributed by atoms with Crippen LogP contribution in [0, 0.1) is 16.7 Å². The minimum Gasteiger partial charge on any atom is -0.397 e. The number of nitrogens with one attached hydrogen (secondary N) is 1. The summed E-state index contributed by atoms with van der Waals surface area (Å²) >= 11 is 0. The molecule has 0 amide bonds. The molecule has 0 radical (unpaired) electrons. The molecule has 1 heterocycles. The molecule has 1 aliphatic heterocycles. The van der Waals surface area contributed by atoms with Gasteiger partial charge in [0.05, 0.1) is 41.6 Å².